The highest BCUT2D eigenvalue weighted by atomic mass is 32.2. The number of rotatable bonds is 7. The SMILES string of the molecule is CC[C@@H](C)c1ccccc1NC(=O)CSCc1ccccc1. The Labute approximate surface area is 137 Å². The van der Waals surface area contributed by atoms with Gasteiger partial charge in [0.1, 0.15) is 0 Å². The monoisotopic (exact) mass is 313 g/mol. The lowest BCUT2D eigenvalue weighted by atomic mass is 9.97. The molecule has 0 saturated heterocycles. The maximum absolute atomic E-state index is 12.1. The van der Waals surface area contributed by atoms with E-state index in [2.05, 4.69) is 37.4 Å². The summed E-state index contributed by atoms with van der Waals surface area (Å²) in [6.07, 6.45) is 1.07. The summed E-state index contributed by atoms with van der Waals surface area (Å²) in [4.78, 5) is 12.1. The molecule has 0 radical (unpaired) electrons. The van der Waals surface area contributed by atoms with Crippen LogP contribution < -0.4 is 5.32 Å². The van der Waals surface area contributed by atoms with Gasteiger partial charge in [-0.25, -0.2) is 0 Å². The van der Waals surface area contributed by atoms with E-state index in [0.717, 1.165) is 17.9 Å². The predicted octanol–water partition coefficient (Wildman–Crippen LogP) is 5.07. The molecule has 1 atom stereocenters. The van der Waals surface area contributed by atoms with E-state index < -0.39 is 0 Å². The van der Waals surface area contributed by atoms with Crippen LogP contribution in [0.25, 0.3) is 0 Å². The van der Waals surface area contributed by atoms with Gasteiger partial charge in [-0.15, -0.1) is 11.8 Å². The molecule has 0 bridgehead atoms. The van der Waals surface area contributed by atoms with Crippen molar-refractivity contribution in [3.63, 3.8) is 0 Å². The van der Waals surface area contributed by atoms with Crippen LogP contribution in [0.15, 0.2) is 54.6 Å². The van der Waals surface area contributed by atoms with Crippen LogP contribution in [0, 0.1) is 0 Å². The molecule has 0 heterocycles. The number of benzene rings is 2. The van der Waals surface area contributed by atoms with Crippen LogP contribution in [-0.4, -0.2) is 11.7 Å². The lowest BCUT2D eigenvalue weighted by Crippen LogP contribution is -2.16. The Morgan fingerprint density at radius 2 is 1.77 bits per heavy atom. The number of thioether (sulfide) groups is 1. The third kappa shape index (κ3) is 4.92. The maximum Gasteiger partial charge on any atom is 0.234 e. The molecule has 0 aliphatic heterocycles. The summed E-state index contributed by atoms with van der Waals surface area (Å²) in [5.41, 5.74) is 3.41. The number of carbonyl (C=O) groups excluding carboxylic acids is 1. The first-order valence-corrected chi connectivity index (χ1v) is 8.86. The molecule has 0 fully saturated rings. The average Bonchev–Trinajstić information content (AvgIpc) is 2.55. The van der Waals surface area contributed by atoms with Crippen LogP contribution >= 0.6 is 11.8 Å². The average molecular weight is 313 g/mol. The van der Waals surface area contributed by atoms with Crippen molar-refractivity contribution in [1.82, 2.24) is 0 Å². The largest absolute Gasteiger partial charge is 0.325 e. The molecule has 0 saturated carbocycles. The lowest BCUT2D eigenvalue weighted by Gasteiger charge is -2.15. The molecule has 0 unspecified atom stereocenters. The molecular formula is C19H23NOS. The van der Waals surface area contributed by atoms with Crippen molar-refractivity contribution in [3.05, 3.63) is 65.7 Å². The Kier molecular flexibility index (Phi) is 6.53. The van der Waals surface area contributed by atoms with Crippen LogP contribution in [0.1, 0.15) is 37.3 Å². The molecule has 2 nitrogen and oxygen atoms in total. The summed E-state index contributed by atoms with van der Waals surface area (Å²) >= 11 is 1.64. The molecule has 3 heteroatoms. The molecule has 2 aromatic carbocycles. The van der Waals surface area contributed by atoms with E-state index in [9.17, 15) is 4.79 Å². The molecule has 22 heavy (non-hydrogen) atoms. The quantitative estimate of drug-likeness (QED) is 0.773. The van der Waals surface area contributed by atoms with Crippen molar-refractivity contribution in [2.45, 2.75) is 31.9 Å². The summed E-state index contributed by atoms with van der Waals surface area (Å²) in [6.45, 7) is 4.36. The van der Waals surface area contributed by atoms with Gasteiger partial charge < -0.3 is 5.32 Å². The fourth-order valence-electron chi connectivity index (χ4n) is 2.28. The number of amides is 1. The zero-order valence-corrected chi connectivity index (χ0v) is 14.0. The normalized spacial score (nSPS) is 11.9. The van der Waals surface area contributed by atoms with E-state index in [1.165, 1.54) is 11.1 Å². The molecule has 116 valence electrons. The topological polar surface area (TPSA) is 29.1 Å². The number of carbonyl (C=O) groups is 1. The van der Waals surface area contributed by atoms with E-state index in [1.54, 1.807) is 11.8 Å². The molecule has 2 rings (SSSR count). The second kappa shape index (κ2) is 8.64. The molecule has 2 aromatic rings. The van der Waals surface area contributed by atoms with Crippen LogP contribution in [0.2, 0.25) is 0 Å². The minimum atomic E-state index is 0.0664. The van der Waals surface area contributed by atoms with E-state index in [-0.39, 0.29) is 5.91 Å². The third-order valence-corrected chi connectivity index (χ3v) is 4.73. The summed E-state index contributed by atoms with van der Waals surface area (Å²) < 4.78 is 0. The first kappa shape index (κ1) is 16.6. The minimum absolute atomic E-state index is 0.0664. The van der Waals surface area contributed by atoms with Crippen LogP contribution in [0.4, 0.5) is 5.69 Å². The Bertz CT molecular complexity index is 597. The number of nitrogens with one attached hydrogen (secondary N) is 1. The number of para-hydroxylation sites is 1. The molecule has 1 amide bonds. The fraction of sp³-hybridized carbons (Fsp3) is 0.316. The molecular weight excluding hydrogens is 290 g/mol. The summed E-state index contributed by atoms with van der Waals surface area (Å²) in [5.74, 6) is 1.86. The molecule has 0 aromatic heterocycles. The van der Waals surface area contributed by atoms with E-state index >= 15 is 0 Å². The molecule has 1 N–H and O–H groups in total. The zero-order chi connectivity index (χ0) is 15.8. The van der Waals surface area contributed by atoms with Gasteiger partial charge in [0.2, 0.25) is 5.91 Å². The minimum Gasteiger partial charge on any atom is -0.325 e. The van der Waals surface area contributed by atoms with E-state index in [1.807, 2.05) is 36.4 Å². The molecule has 0 aliphatic rings. The lowest BCUT2D eigenvalue weighted by molar-refractivity contribution is -0.113. The number of anilines is 1. The Hall–Kier alpha value is -1.74. The van der Waals surface area contributed by atoms with Crippen LogP contribution in [-0.2, 0) is 10.5 Å². The van der Waals surface area contributed by atoms with Gasteiger partial charge in [0.25, 0.3) is 0 Å². The summed E-state index contributed by atoms with van der Waals surface area (Å²) in [5, 5.41) is 3.05. The van der Waals surface area contributed by atoms with Crippen molar-refractivity contribution in [3.8, 4) is 0 Å². The van der Waals surface area contributed by atoms with Crippen LogP contribution in [0.5, 0.6) is 0 Å². The van der Waals surface area contributed by atoms with Gasteiger partial charge >= 0.3 is 0 Å². The summed E-state index contributed by atoms with van der Waals surface area (Å²) in [6, 6.07) is 18.3. The van der Waals surface area contributed by atoms with Gasteiger partial charge in [0.15, 0.2) is 0 Å². The van der Waals surface area contributed by atoms with Crippen molar-refractivity contribution in [2.24, 2.45) is 0 Å². The number of hydrogen-bond acceptors (Lipinski definition) is 2. The van der Waals surface area contributed by atoms with Crippen molar-refractivity contribution >= 4 is 23.4 Å². The van der Waals surface area contributed by atoms with Gasteiger partial charge in [-0.2, -0.15) is 0 Å². The third-order valence-electron chi connectivity index (χ3n) is 3.72. The molecule has 0 aliphatic carbocycles. The predicted molar refractivity (Wildman–Crippen MR) is 96.4 cm³/mol. The Balaban J connectivity index is 1.87. The Morgan fingerprint density at radius 3 is 2.50 bits per heavy atom. The van der Waals surface area contributed by atoms with Gasteiger partial charge in [0, 0.05) is 11.4 Å². The molecule has 0 spiro atoms. The smallest absolute Gasteiger partial charge is 0.234 e. The highest BCUT2D eigenvalue weighted by Crippen LogP contribution is 2.26. The first-order chi connectivity index (χ1) is 10.7. The van der Waals surface area contributed by atoms with E-state index in [0.29, 0.717) is 11.7 Å². The van der Waals surface area contributed by atoms with E-state index in [4.69, 9.17) is 0 Å². The second-order valence-electron chi connectivity index (χ2n) is 5.42. The van der Waals surface area contributed by atoms with Crippen LogP contribution in [0.3, 0.4) is 0 Å². The van der Waals surface area contributed by atoms with Gasteiger partial charge in [-0.3, -0.25) is 4.79 Å². The van der Waals surface area contributed by atoms with Gasteiger partial charge in [-0.05, 0) is 29.5 Å². The maximum atomic E-state index is 12.1. The highest BCUT2D eigenvalue weighted by Gasteiger charge is 2.10. The van der Waals surface area contributed by atoms with Crippen molar-refractivity contribution in [1.29, 1.82) is 0 Å². The highest BCUT2D eigenvalue weighted by molar-refractivity contribution is 7.99. The second-order valence-corrected chi connectivity index (χ2v) is 6.41. The standard InChI is InChI=1S/C19H23NOS/c1-3-15(2)17-11-7-8-12-18(17)20-19(21)14-22-13-16-9-5-4-6-10-16/h4-12,15H,3,13-14H2,1-2H3,(H,20,21)/t15-/m1/s1. The number of hydrogen-bond donors (Lipinski definition) is 1. The van der Waals surface area contributed by atoms with Crippen molar-refractivity contribution < 1.29 is 4.79 Å². The van der Waals surface area contributed by atoms with Gasteiger partial charge in [-0.1, -0.05) is 62.4 Å². The first-order valence-electron chi connectivity index (χ1n) is 7.71. The Morgan fingerprint density at radius 1 is 1.09 bits per heavy atom. The fourth-order valence-corrected chi connectivity index (χ4v) is 3.07. The summed E-state index contributed by atoms with van der Waals surface area (Å²) in [7, 11) is 0. The zero-order valence-electron chi connectivity index (χ0n) is 13.2. The van der Waals surface area contributed by atoms with Crippen molar-refractivity contribution in [2.75, 3.05) is 11.1 Å². The van der Waals surface area contributed by atoms with Gasteiger partial charge in [0.05, 0.1) is 5.75 Å².